The fraction of sp³-hybridized carbons (Fsp3) is 0.579. The normalized spacial score (nSPS) is 24.9. The zero-order chi connectivity index (χ0) is 18.0. The zero-order valence-corrected chi connectivity index (χ0v) is 14.7. The summed E-state index contributed by atoms with van der Waals surface area (Å²) in [7, 11) is 0. The molecule has 0 aromatic heterocycles. The summed E-state index contributed by atoms with van der Waals surface area (Å²) in [6.45, 7) is 6.57. The second kappa shape index (κ2) is 7.40. The maximum atomic E-state index is 14.2. The van der Waals surface area contributed by atoms with E-state index in [1.54, 1.807) is 12.1 Å². The van der Waals surface area contributed by atoms with Crippen LogP contribution in [0.5, 0.6) is 0 Å². The van der Waals surface area contributed by atoms with Crippen LogP contribution in [0.4, 0.5) is 10.1 Å². The first kappa shape index (κ1) is 17.7. The Morgan fingerprint density at radius 1 is 1.24 bits per heavy atom. The molecule has 2 aliphatic heterocycles. The van der Waals surface area contributed by atoms with Crippen molar-refractivity contribution in [1.29, 1.82) is 5.26 Å². The number of carbonyl (C=O) groups is 1. The van der Waals surface area contributed by atoms with Crippen LogP contribution >= 0.6 is 0 Å². The van der Waals surface area contributed by atoms with Gasteiger partial charge in [-0.05, 0) is 44.9 Å². The zero-order valence-electron chi connectivity index (χ0n) is 14.7. The Balaban J connectivity index is 1.60. The molecule has 0 saturated carbocycles. The Morgan fingerprint density at radius 3 is 2.44 bits per heavy atom. The molecule has 2 fully saturated rings. The molecule has 3 rings (SSSR count). The van der Waals surface area contributed by atoms with Gasteiger partial charge in [-0.15, -0.1) is 0 Å². The summed E-state index contributed by atoms with van der Waals surface area (Å²) in [5.41, 5.74) is 0.834. The molecule has 2 saturated heterocycles. The lowest BCUT2D eigenvalue weighted by Crippen LogP contribution is -2.51. The fourth-order valence-corrected chi connectivity index (χ4v) is 3.82. The molecule has 25 heavy (non-hydrogen) atoms. The van der Waals surface area contributed by atoms with E-state index in [2.05, 4.69) is 0 Å². The van der Waals surface area contributed by atoms with Gasteiger partial charge in [-0.2, -0.15) is 5.26 Å². The smallest absolute Gasteiger partial charge is 0.225 e. The molecule has 0 N–H and O–H groups in total. The molecular formula is C19H24FN3O2. The van der Waals surface area contributed by atoms with Gasteiger partial charge in [0.15, 0.2) is 0 Å². The van der Waals surface area contributed by atoms with E-state index in [9.17, 15) is 9.18 Å². The lowest BCUT2D eigenvalue weighted by Gasteiger charge is -2.39. The first-order valence-electron chi connectivity index (χ1n) is 8.86. The highest BCUT2D eigenvalue weighted by Gasteiger charge is 2.33. The SMILES string of the molecule is C[C@@H]1CN(C(=O)C2CCN(c3ccc(C#N)cc3F)CC2)C[C@H](C)O1. The van der Waals surface area contributed by atoms with Gasteiger partial charge >= 0.3 is 0 Å². The van der Waals surface area contributed by atoms with Crippen molar-refractivity contribution in [3.63, 3.8) is 0 Å². The van der Waals surface area contributed by atoms with Gasteiger partial charge in [0.2, 0.25) is 5.91 Å². The van der Waals surface area contributed by atoms with Crippen LogP contribution in [0.2, 0.25) is 0 Å². The molecular weight excluding hydrogens is 321 g/mol. The monoisotopic (exact) mass is 345 g/mol. The average molecular weight is 345 g/mol. The van der Waals surface area contributed by atoms with Crippen LogP contribution < -0.4 is 4.90 Å². The number of piperidine rings is 1. The first-order chi connectivity index (χ1) is 12.0. The van der Waals surface area contributed by atoms with Gasteiger partial charge in [0.1, 0.15) is 5.82 Å². The number of benzene rings is 1. The number of morpholine rings is 1. The van der Waals surface area contributed by atoms with Crippen LogP contribution in [0.15, 0.2) is 18.2 Å². The number of ether oxygens (including phenoxy) is 1. The number of hydrogen-bond donors (Lipinski definition) is 0. The Morgan fingerprint density at radius 2 is 1.88 bits per heavy atom. The number of rotatable bonds is 2. The van der Waals surface area contributed by atoms with Crippen molar-refractivity contribution in [3.8, 4) is 6.07 Å². The molecule has 0 unspecified atom stereocenters. The van der Waals surface area contributed by atoms with E-state index in [0.29, 0.717) is 37.4 Å². The Hall–Kier alpha value is -2.13. The van der Waals surface area contributed by atoms with Gasteiger partial charge in [-0.1, -0.05) is 0 Å². The molecule has 2 heterocycles. The van der Waals surface area contributed by atoms with Crippen LogP contribution in [0.1, 0.15) is 32.3 Å². The van der Waals surface area contributed by atoms with Gasteiger partial charge in [0, 0.05) is 32.1 Å². The third-order valence-electron chi connectivity index (χ3n) is 4.99. The minimum Gasteiger partial charge on any atom is -0.372 e. The standard InChI is InChI=1S/C19H24FN3O2/c1-13-11-23(12-14(2)25-13)19(24)16-5-7-22(8-6-16)18-4-3-15(10-21)9-17(18)20/h3-4,9,13-14,16H,5-8,11-12H2,1-2H3/t13-,14+. The molecule has 0 aliphatic carbocycles. The first-order valence-corrected chi connectivity index (χ1v) is 8.86. The minimum absolute atomic E-state index is 0.00445. The van der Waals surface area contributed by atoms with E-state index in [4.69, 9.17) is 10.00 Å². The third-order valence-corrected chi connectivity index (χ3v) is 4.99. The van der Waals surface area contributed by atoms with Crippen LogP contribution in [0, 0.1) is 23.1 Å². The van der Waals surface area contributed by atoms with Gasteiger partial charge < -0.3 is 14.5 Å². The van der Waals surface area contributed by atoms with E-state index in [-0.39, 0.29) is 29.9 Å². The molecule has 1 aromatic carbocycles. The number of carbonyl (C=O) groups excluding carboxylic acids is 1. The number of hydrogen-bond acceptors (Lipinski definition) is 4. The van der Waals surface area contributed by atoms with Crippen LogP contribution in [0.25, 0.3) is 0 Å². The molecule has 1 aromatic rings. The van der Waals surface area contributed by atoms with Gasteiger partial charge in [0.05, 0.1) is 29.5 Å². The van der Waals surface area contributed by atoms with E-state index < -0.39 is 0 Å². The summed E-state index contributed by atoms with van der Waals surface area (Å²) in [6, 6.07) is 6.50. The molecule has 0 bridgehead atoms. The fourth-order valence-electron chi connectivity index (χ4n) is 3.82. The lowest BCUT2D eigenvalue weighted by molar-refractivity contribution is -0.148. The van der Waals surface area contributed by atoms with Crippen molar-refractivity contribution in [2.45, 2.75) is 38.9 Å². The Labute approximate surface area is 148 Å². The second-order valence-electron chi connectivity index (χ2n) is 7.04. The van der Waals surface area contributed by atoms with Crippen molar-refractivity contribution in [3.05, 3.63) is 29.6 Å². The van der Waals surface area contributed by atoms with Crippen molar-refractivity contribution in [2.24, 2.45) is 5.92 Å². The molecule has 6 heteroatoms. The summed E-state index contributed by atoms with van der Waals surface area (Å²) in [4.78, 5) is 16.7. The van der Waals surface area contributed by atoms with Crippen molar-refractivity contribution in [2.75, 3.05) is 31.1 Å². The van der Waals surface area contributed by atoms with Crippen LogP contribution in [0.3, 0.4) is 0 Å². The quantitative estimate of drug-likeness (QED) is 0.827. The summed E-state index contributed by atoms with van der Waals surface area (Å²) in [6.07, 6.45) is 1.58. The number of anilines is 1. The summed E-state index contributed by atoms with van der Waals surface area (Å²) >= 11 is 0. The Bertz CT molecular complexity index is 670. The van der Waals surface area contributed by atoms with E-state index in [1.165, 1.54) is 6.07 Å². The average Bonchev–Trinajstić information content (AvgIpc) is 2.60. The lowest BCUT2D eigenvalue weighted by atomic mass is 9.94. The summed E-state index contributed by atoms with van der Waals surface area (Å²) in [5.74, 6) is -0.184. The highest BCUT2D eigenvalue weighted by molar-refractivity contribution is 5.79. The summed E-state index contributed by atoms with van der Waals surface area (Å²) in [5, 5.41) is 8.84. The topological polar surface area (TPSA) is 56.6 Å². The highest BCUT2D eigenvalue weighted by Crippen LogP contribution is 2.28. The molecule has 0 radical (unpaired) electrons. The molecule has 2 aliphatic rings. The second-order valence-corrected chi connectivity index (χ2v) is 7.04. The van der Waals surface area contributed by atoms with E-state index in [0.717, 1.165) is 12.8 Å². The molecule has 1 amide bonds. The maximum Gasteiger partial charge on any atom is 0.225 e. The third kappa shape index (κ3) is 3.93. The van der Waals surface area contributed by atoms with Gasteiger partial charge in [-0.25, -0.2) is 4.39 Å². The molecule has 0 spiro atoms. The van der Waals surface area contributed by atoms with Crippen molar-refractivity contribution in [1.82, 2.24) is 4.90 Å². The number of nitriles is 1. The van der Waals surface area contributed by atoms with E-state index in [1.807, 2.05) is 29.7 Å². The van der Waals surface area contributed by atoms with Crippen LogP contribution in [-0.2, 0) is 9.53 Å². The number of halogens is 1. The number of amides is 1. The summed E-state index contributed by atoms with van der Waals surface area (Å²) < 4.78 is 19.9. The number of nitrogens with zero attached hydrogens (tertiary/aromatic N) is 3. The van der Waals surface area contributed by atoms with Gasteiger partial charge in [0.25, 0.3) is 0 Å². The predicted molar refractivity (Wildman–Crippen MR) is 92.6 cm³/mol. The van der Waals surface area contributed by atoms with Crippen molar-refractivity contribution >= 4 is 11.6 Å². The Kier molecular flexibility index (Phi) is 5.24. The highest BCUT2D eigenvalue weighted by atomic mass is 19.1. The largest absolute Gasteiger partial charge is 0.372 e. The van der Waals surface area contributed by atoms with Gasteiger partial charge in [-0.3, -0.25) is 4.79 Å². The molecule has 134 valence electrons. The van der Waals surface area contributed by atoms with Crippen molar-refractivity contribution < 1.29 is 13.9 Å². The predicted octanol–water partition coefficient (Wildman–Crippen LogP) is 2.55. The molecule has 5 nitrogen and oxygen atoms in total. The maximum absolute atomic E-state index is 14.2. The molecule has 2 atom stereocenters. The minimum atomic E-state index is -0.375. The van der Waals surface area contributed by atoms with Crippen LogP contribution in [-0.4, -0.2) is 49.2 Å². The van der Waals surface area contributed by atoms with E-state index >= 15 is 0 Å².